The van der Waals surface area contributed by atoms with Crippen LogP contribution in [-0.4, -0.2) is 14.2 Å². The SMILES string of the molecule is COC(OC)c1ccccc1C1(C#N)CCC1. The van der Waals surface area contributed by atoms with E-state index in [4.69, 9.17) is 9.47 Å². The predicted molar refractivity (Wildman–Crippen MR) is 64.3 cm³/mol. The van der Waals surface area contributed by atoms with Gasteiger partial charge in [-0.2, -0.15) is 5.26 Å². The zero-order valence-electron chi connectivity index (χ0n) is 10.3. The molecule has 1 fully saturated rings. The van der Waals surface area contributed by atoms with Crippen LogP contribution in [-0.2, 0) is 14.9 Å². The summed E-state index contributed by atoms with van der Waals surface area (Å²) in [5, 5.41) is 9.41. The summed E-state index contributed by atoms with van der Waals surface area (Å²) in [7, 11) is 3.23. The van der Waals surface area contributed by atoms with Crippen molar-refractivity contribution in [3.63, 3.8) is 0 Å². The Bertz CT molecular complexity index is 428. The maximum absolute atomic E-state index is 9.41. The van der Waals surface area contributed by atoms with Crippen molar-refractivity contribution in [3.05, 3.63) is 35.4 Å². The van der Waals surface area contributed by atoms with E-state index in [1.54, 1.807) is 14.2 Å². The van der Waals surface area contributed by atoms with Crippen LogP contribution in [0.2, 0.25) is 0 Å². The molecule has 0 aliphatic heterocycles. The Morgan fingerprint density at radius 1 is 1.24 bits per heavy atom. The first-order valence-corrected chi connectivity index (χ1v) is 5.83. The van der Waals surface area contributed by atoms with Gasteiger partial charge < -0.3 is 9.47 Å². The van der Waals surface area contributed by atoms with Crippen molar-refractivity contribution in [3.8, 4) is 6.07 Å². The molecule has 0 radical (unpaired) electrons. The standard InChI is InChI=1S/C14H17NO2/c1-16-13(17-2)11-6-3-4-7-12(11)14(10-15)8-5-9-14/h3-4,6-7,13H,5,8-9H2,1-2H3. The van der Waals surface area contributed by atoms with E-state index in [1.165, 1.54) is 0 Å². The smallest absolute Gasteiger partial charge is 0.183 e. The van der Waals surface area contributed by atoms with Gasteiger partial charge in [-0.15, -0.1) is 0 Å². The minimum absolute atomic E-state index is 0.327. The maximum Gasteiger partial charge on any atom is 0.183 e. The second kappa shape index (κ2) is 4.87. The maximum atomic E-state index is 9.41. The average molecular weight is 231 g/mol. The number of methoxy groups -OCH3 is 2. The van der Waals surface area contributed by atoms with E-state index in [-0.39, 0.29) is 5.41 Å². The van der Waals surface area contributed by atoms with Gasteiger partial charge in [0.1, 0.15) is 0 Å². The number of nitriles is 1. The Hall–Kier alpha value is -1.37. The number of hydrogen-bond acceptors (Lipinski definition) is 3. The van der Waals surface area contributed by atoms with E-state index >= 15 is 0 Å². The Balaban J connectivity index is 2.44. The fourth-order valence-electron chi connectivity index (χ4n) is 2.46. The molecule has 0 N–H and O–H groups in total. The van der Waals surface area contributed by atoms with Gasteiger partial charge in [0.2, 0.25) is 0 Å². The van der Waals surface area contributed by atoms with Gasteiger partial charge in [0, 0.05) is 19.8 Å². The van der Waals surface area contributed by atoms with E-state index in [9.17, 15) is 5.26 Å². The monoisotopic (exact) mass is 231 g/mol. The third-order valence-electron chi connectivity index (χ3n) is 3.58. The molecule has 3 heteroatoms. The minimum Gasteiger partial charge on any atom is -0.352 e. The molecular formula is C14H17NO2. The summed E-state index contributed by atoms with van der Waals surface area (Å²) in [5.41, 5.74) is 1.70. The molecule has 1 aromatic rings. The van der Waals surface area contributed by atoms with Crippen LogP contribution in [0.4, 0.5) is 0 Å². The molecule has 90 valence electrons. The molecule has 0 bridgehead atoms. The van der Waals surface area contributed by atoms with Crippen LogP contribution in [0.15, 0.2) is 24.3 Å². The van der Waals surface area contributed by atoms with Crippen molar-refractivity contribution in [1.82, 2.24) is 0 Å². The Labute approximate surface area is 102 Å². The van der Waals surface area contributed by atoms with Crippen molar-refractivity contribution >= 4 is 0 Å². The van der Waals surface area contributed by atoms with E-state index in [0.717, 1.165) is 30.4 Å². The van der Waals surface area contributed by atoms with Crippen LogP contribution < -0.4 is 0 Å². The molecule has 0 saturated heterocycles. The summed E-state index contributed by atoms with van der Waals surface area (Å²) < 4.78 is 10.6. The molecule has 1 saturated carbocycles. The van der Waals surface area contributed by atoms with Crippen LogP contribution in [0.5, 0.6) is 0 Å². The van der Waals surface area contributed by atoms with Gasteiger partial charge in [-0.05, 0) is 24.8 Å². The molecule has 2 rings (SSSR count). The number of ether oxygens (including phenoxy) is 2. The first-order chi connectivity index (χ1) is 8.27. The van der Waals surface area contributed by atoms with Crippen LogP contribution >= 0.6 is 0 Å². The second-order valence-electron chi connectivity index (χ2n) is 4.44. The highest BCUT2D eigenvalue weighted by atomic mass is 16.7. The molecule has 0 amide bonds. The Kier molecular flexibility index (Phi) is 3.46. The molecule has 0 unspecified atom stereocenters. The quantitative estimate of drug-likeness (QED) is 0.748. The Morgan fingerprint density at radius 2 is 1.88 bits per heavy atom. The van der Waals surface area contributed by atoms with E-state index in [2.05, 4.69) is 6.07 Å². The highest BCUT2D eigenvalue weighted by Crippen LogP contribution is 2.45. The largest absolute Gasteiger partial charge is 0.352 e. The van der Waals surface area contributed by atoms with Crippen molar-refractivity contribution < 1.29 is 9.47 Å². The highest BCUT2D eigenvalue weighted by molar-refractivity contribution is 5.42. The zero-order valence-corrected chi connectivity index (χ0v) is 10.3. The van der Waals surface area contributed by atoms with Crippen molar-refractivity contribution in [2.24, 2.45) is 0 Å². The minimum atomic E-state index is -0.392. The van der Waals surface area contributed by atoms with Gasteiger partial charge >= 0.3 is 0 Å². The van der Waals surface area contributed by atoms with Gasteiger partial charge in [0.15, 0.2) is 6.29 Å². The summed E-state index contributed by atoms with van der Waals surface area (Å²) in [6.07, 6.45) is 2.59. The first-order valence-electron chi connectivity index (χ1n) is 5.83. The molecule has 0 aromatic heterocycles. The number of rotatable bonds is 4. The molecular weight excluding hydrogens is 214 g/mol. The molecule has 0 atom stereocenters. The third kappa shape index (κ3) is 1.95. The van der Waals surface area contributed by atoms with Crippen LogP contribution in [0.3, 0.4) is 0 Å². The lowest BCUT2D eigenvalue weighted by Gasteiger charge is -2.37. The molecule has 1 aliphatic carbocycles. The van der Waals surface area contributed by atoms with Gasteiger partial charge in [0.25, 0.3) is 0 Å². The zero-order chi connectivity index (χ0) is 12.3. The molecule has 0 spiro atoms. The summed E-state index contributed by atoms with van der Waals surface area (Å²) in [6.45, 7) is 0. The lowest BCUT2D eigenvalue weighted by Crippen LogP contribution is -2.34. The van der Waals surface area contributed by atoms with Crippen molar-refractivity contribution in [2.45, 2.75) is 31.0 Å². The second-order valence-corrected chi connectivity index (χ2v) is 4.44. The van der Waals surface area contributed by atoms with Crippen molar-refractivity contribution in [2.75, 3.05) is 14.2 Å². The highest BCUT2D eigenvalue weighted by Gasteiger charge is 2.41. The van der Waals surface area contributed by atoms with Crippen molar-refractivity contribution in [1.29, 1.82) is 5.26 Å². The van der Waals surface area contributed by atoms with Gasteiger partial charge in [-0.3, -0.25) is 0 Å². The normalized spacial score (nSPS) is 17.5. The van der Waals surface area contributed by atoms with Gasteiger partial charge in [0.05, 0.1) is 11.5 Å². The van der Waals surface area contributed by atoms with Gasteiger partial charge in [-0.1, -0.05) is 24.3 Å². The fourth-order valence-corrected chi connectivity index (χ4v) is 2.46. The summed E-state index contributed by atoms with van der Waals surface area (Å²) >= 11 is 0. The van der Waals surface area contributed by atoms with Gasteiger partial charge in [-0.25, -0.2) is 0 Å². The van der Waals surface area contributed by atoms with Crippen LogP contribution in [0.25, 0.3) is 0 Å². The van der Waals surface area contributed by atoms with Crippen LogP contribution in [0, 0.1) is 11.3 Å². The van der Waals surface area contributed by atoms with Crippen LogP contribution in [0.1, 0.15) is 36.7 Å². The first kappa shape index (κ1) is 12.1. The Morgan fingerprint density at radius 3 is 2.35 bits per heavy atom. The van der Waals surface area contributed by atoms with E-state index in [0.29, 0.717) is 0 Å². The average Bonchev–Trinajstić information content (AvgIpc) is 2.32. The molecule has 0 heterocycles. The number of hydrogen-bond donors (Lipinski definition) is 0. The number of benzene rings is 1. The molecule has 17 heavy (non-hydrogen) atoms. The molecule has 3 nitrogen and oxygen atoms in total. The van der Waals surface area contributed by atoms with E-state index in [1.807, 2.05) is 24.3 Å². The predicted octanol–water partition coefficient (Wildman–Crippen LogP) is 2.92. The number of nitrogens with zero attached hydrogens (tertiary/aromatic N) is 1. The van der Waals surface area contributed by atoms with E-state index < -0.39 is 6.29 Å². The topological polar surface area (TPSA) is 42.2 Å². The summed E-state index contributed by atoms with van der Waals surface area (Å²) in [6, 6.07) is 10.4. The lowest BCUT2D eigenvalue weighted by molar-refractivity contribution is -0.107. The third-order valence-corrected chi connectivity index (χ3v) is 3.58. The summed E-state index contributed by atoms with van der Waals surface area (Å²) in [4.78, 5) is 0. The fraction of sp³-hybridized carbons (Fsp3) is 0.500. The lowest BCUT2D eigenvalue weighted by atomic mass is 9.64. The molecule has 1 aliphatic rings. The molecule has 1 aromatic carbocycles. The summed E-state index contributed by atoms with van der Waals surface area (Å²) in [5.74, 6) is 0.